The van der Waals surface area contributed by atoms with E-state index in [1.807, 2.05) is 0 Å². The number of fused-ring (bicyclic) bond motifs is 1. The van der Waals surface area contributed by atoms with Gasteiger partial charge in [-0.3, -0.25) is 0 Å². The fourth-order valence-electron chi connectivity index (χ4n) is 2.17. The molecule has 0 radical (unpaired) electrons. The van der Waals surface area contributed by atoms with Crippen LogP contribution in [-0.2, 0) is 0 Å². The summed E-state index contributed by atoms with van der Waals surface area (Å²) in [7, 11) is 0. The molecule has 2 rings (SSSR count). The summed E-state index contributed by atoms with van der Waals surface area (Å²) in [5, 5.41) is 0. The van der Waals surface area contributed by atoms with E-state index in [4.69, 9.17) is 0 Å². The molecule has 0 amide bonds. The van der Waals surface area contributed by atoms with Crippen LogP contribution >= 0.6 is 12.6 Å². The van der Waals surface area contributed by atoms with Gasteiger partial charge in [0.15, 0.2) is 0 Å². The summed E-state index contributed by atoms with van der Waals surface area (Å²) in [5.74, 6) is 1.64. The topological polar surface area (TPSA) is 3.24 Å². The van der Waals surface area contributed by atoms with Crippen LogP contribution in [0, 0.1) is 0 Å². The summed E-state index contributed by atoms with van der Waals surface area (Å²) in [6.45, 7) is 4.56. The van der Waals surface area contributed by atoms with Crippen LogP contribution in [0.25, 0.3) is 0 Å². The Morgan fingerprint density at radius 3 is 3.00 bits per heavy atom. The fraction of sp³-hybridized carbons (Fsp3) is 0.500. The molecule has 1 aliphatic rings. The lowest BCUT2D eigenvalue weighted by Gasteiger charge is -2.34. The highest BCUT2D eigenvalue weighted by molar-refractivity contribution is 7.80. The lowest BCUT2D eigenvalue weighted by molar-refractivity contribution is 0.620. The van der Waals surface area contributed by atoms with Crippen LogP contribution in [0.3, 0.4) is 0 Å². The van der Waals surface area contributed by atoms with E-state index < -0.39 is 0 Å². The Balaban J connectivity index is 2.31. The second-order valence-electron chi connectivity index (χ2n) is 3.96. The van der Waals surface area contributed by atoms with Gasteiger partial charge in [-0.15, -0.1) is 0 Å². The number of para-hydroxylation sites is 1. The van der Waals surface area contributed by atoms with Crippen molar-refractivity contribution in [3.63, 3.8) is 0 Å². The van der Waals surface area contributed by atoms with Crippen LogP contribution < -0.4 is 4.90 Å². The molecule has 14 heavy (non-hydrogen) atoms. The minimum Gasteiger partial charge on any atom is -0.370 e. The van der Waals surface area contributed by atoms with Gasteiger partial charge in [0, 0.05) is 24.5 Å². The van der Waals surface area contributed by atoms with Crippen molar-refractivity contribution in [1.82, 2.24) is 0 Å². The molecule has 0 saturated carbocycles. The molecule has 0 fully saturated rings. The van der Waals surface area contributed by atoms with Crippen LogP contribution in [0.1, 0.15) is 24.8 Å². The normalized spacial score (nSPS) is 20.7. The molecule has 1 atom stereocenters. The Morgan fingerprint density at radius 1 is 1.43 bits per heavy atom. The first-order chi connectivity index (χ1) is 6.83. The van der Waals surface area contributed by atoms with E-state index in [-0.39, 0.29) is 0 Å². The largest absolute Gasteiger partial charge is 0.370 e. The van der Waals surface area contributed by atoms with Gasteiger partial charge in [-0.05, 0) is 24.0 Å². The lowest BCUT2D eigenvalue weighted by atomic mass is 9.92. The number of anilines is 1. The summed E-state index contributed by atoms with van der Waals surface area (Å²) in [6.07, 6.45) is 1.27. The second-order valence-corrected chi connectivity index (χ2v) is 4.41. The molecule has 0 N–H and O–H groups in total. The van der Waals surface area contributed by atoms with Gasteiger partial charge in [0.05, 0.1) is 0 Å². The number of thiol groups is 1. The van der Waals surface area contributed by atoms with Gasteiger partial charge in [0.2, 0.25) is 0 Å². The molecule has 0 aromatic heterocycles. The minimum atomic E-state index is 0.711. The highest BCUT2D eigenvalue weighted by Gasteiger charge is 2.20. The number of hydrogen-bond acceptors (Lipinski definition) is 2. The summed E-state index contributed by atoms with van der Waals surface area (Å²) in [6, 6.07) is 8.75. The highest BCUT2D eigenvalue weighted by Crippen LogP contribution is 2.34. The third-order valence-corrected chi connectivity index (χ3v) is 3.21. The van der Waals surface area contributed by atoms with Crippen molar-refractivity contribution in [2.75, 3.05) is 23.7 Å². The first-order valence-electron chi connectivity index (χ1n) is 5.27. The zero-order chi connectivity index (χ0) is 9.97. The van der Waals surface area contributed by atoms with E-state index in [2.05, 4.69) is 48.7 Å². The number of benzene rings is 1. The van der Waals surface area contributed by atoms with E-state index in [1.54, 1.807) is 0 Å². The molecule has 0 bridgehead atoms. The maximum atomic E-state index is 4.30. The minimum absolute atomic E-state index is 0.711. The monoisotopic (exact) mass is 207 g/mol. The summed E-state index contributed by atoms with van der Waals surface area (Å²) in [4.78, 5) is 2.45. The average Bonchev–Trinajstić information content (AvgIpc) is 2.23. The first kappa shape index (κ1) is 9.91. The molecule has 0 saturated heterocycles. The first-order valence-corrected chi connectivity index (χ1v) is 5.91. The predicted octanol–water partition coefficient (Wildman–Crippen LogP) is 2.93. The van der Waals surface area contributed by atoms with E-state index >= 15 is 0 Å². The van der Waals surface area contributed by atoms with Crippen molar-refractivity contribution >= 4 is 18.3 Å². The molecule has 0 aliphatic carbocycles. The van der Waals surface area contributed by atoms with Crippen LogP contribution in [0.4, 0.5) is 5.69 Å². The zero-order valence-corrected chi connectivity index (χ0v) is 9.50. The SMILES string of the molecule is CC1CCN(CCS)c2ccccc21. The standard InChI is InChI=1S/C12H17NS/c1-10-6-7-13(8-9-14)12-5-3-2-4-11(10)12/h2-5,10,14H,6-9H2,1H3. The molecule has 1 aromatic carbocycles. The van der Waals surface area contributed by atoms with E-state index in [9.17, 15) is 0 Å². The van der Waals surface area contributed by atoms with Gasteiger partial charge in [-0.1, -0.05) is 25.1 Å². The van der Waals surface area contributed by atoms with Crippen molar-refractivity contribution < 1.29 is 0 Å². The summed E-state index contributed by atoms with van der Waals surface area (Å²) >= 11 is 4.30. The lowest BCUT2D eigenvalue weighted by Crippen LogP contribution is -2.32. The number of rotatable bonds is 2. The molecule has 0 spiro atoms. The third-order valence-electron chi connectivity index (χ3n) is 3.01. The molecule has 76 valence electrons. The van der Waals surface area contributed by atoms with Crippen molar-refractivity contribution in [2.45, 2.75) is 19.3 Å². The van der Waals surface area contributed by atoms with Gasteiger partial charge in [-0.2, -0.15) is 12.6 Å². The molecular formula is C12H17NS. The van der Waals surface area contributed by atoms with Gasteiger partial charge >= 0.3 is 0 Å². The molecule has 2 heteroatoms. The van der Waals surface area contributed by atoms with Crippen molar-refractivity contribution in [3.8, 4) is 0 Å². The Labute approximate surface area is 91.5 Å². The van der Waals surface area contributed by atoms with Gasteiger partial charge in [-0.25, -0.2) is 0 Å². The molecule has 1 heterocycles. The van der Waals surface area contributed by atoms with E-state index in [0.29, 0.717) is 5.92 Å². The molecular weight excluding hydrogens is 190 g/mol. The second kappa shape index (κ2) is 4.26. The van der Waals surface area contributed by atoms with Crippen LogP contribution in [-0.4, -0.2) is 18.8 Å². The molecule has 1 nitrogen and oxygen atoms in total. The average molecular weight is 207 g/mol. The van der Waals surface area contributed by atoms with Gasteiger partial charge in [0.1, 0.15) is 0 Å². The maximum absolute atomic E-state index is 4.30. The summed E-state index contributed by atoms with van der Waals surface area (Å²) in [5.41, 5.74) is 2.92. The zero-order valence-electron chi connectivity index (χ0n) is 8.61. The Bertz CT molecular complexity index is 311. The number of hydrogen-bond donors (Lipinski definition) is 1. The maximum Gasteiger partial charge on any atom is 0.0401 e. The number of nitrogens with zero attached hydrogens (tertiary/aromatic N) is 1. The van der Waals surface area contributed by atoms with Crippen LogP contribution in [0.5, 0.6) is 0 Å². The Hall–Kier alpha value is -0.630. The van der Waals surface area contributed by atoms with Gasteiger partial charge < -0.3 is 4.90 Å². The Kier molecular flexibility index (Phi) is 3.02. The molecule has 1 aliphatic heterocycles. The van der Waals surface area contributed by atoms with E-state index in [0.717, 1.165) is 12.3 Å². The fourth-order valence-corrected chi connectivity index (χ4v) is 2.41. The highest BCUT2D eigenvalue weighted by atomic mass is 32.1. The van der Waals surface area contributed by atoms with Crippen LogP contribution in [0.2, 0.25) is 0 Å². The molecule has 1 aromatic rings. The van der Waals surface area contributed by atoms with Crippen molar-refractivity contribution in [3.05, 3.63) is 29.8 Å². The third kappa shape index (κ3) is 1.76. The van der Waals surface area contributed by atoms with Crippen molar-refractivity contribution in [2.24, 2.45) is 0 Å². The predicted molar refractivity (Wildman–Crippen MR) is 65.5 cm³/mol. The van der Waals surface area contributed by atoms with Crippen LogP contribution in [0.15, 0.2) is 24.3 Å². The van der Waals surface area contributed by atoms with Crippen molar-refractivity contribution in [1.29, 1.82) is 0 Å². The Morgan fingerprint density at radius 2 is 2.21 bits per heavy atom. The summed E-state index contributed by atoms with van der Waals surface area (Å²) < 4.78 is 0. The van der Waals surface area contributed by atoms with E-state index in [1.165, 1.54) is 24.2 Å². The smallest absolute Gasteiger partial charge is 0.0401 e. The van der Waals surface area contributed by atoms with Gasteiger partial charge in [0.25, 0.3) is 0 Å². The molecule has 1 unspecified atom stereocenters. The quantitative estimate of drug-likeness (QED) is 0.730.